The number of hydrogen-bond acceptors (Lipinski definition) is 5. The quantitative estimate of drug-likeness (QED) is 0.358. The van der Waals surface area contributed by atoms with E-state index in [0.717, 1.165) is 11.3 Å². The molecule has 2 aromatic heterocycles. The molecule has 2 heterocycles. The average Bonchev–Trinajstić information content (AvgIpc) is 3.22. The maximum absolute atomic E-state index is 13.0. The highest BCUT2D eigenvalue weighted by Gasteiger charge is 2.19. The highest BCUT2D eigenvalue weighted by molar-refractivity contribution is 7.17. The predicted molar refractivity (Wildman–Crippen MR) is 138 cm³/mol. The van der Waals surface area contributed by atoms with Gasteiger partial charge in [0.25, 0.3) is 11.8 Å². The summed E-state index contributed by atoms with van der Waals surface area (Å²) in [6.07, 6.45) is 1.70. The lowest BCUT2D eigenvalue weighted by Gasteiger charge is -2.19. The molecule has 0 unspecified atom stereocenters. The zero-order valence-electron chi connectivity index (χ0n) is 19.5. The van der Waals surface area contributed by atoms with Crippen molar-refractivity contribution in [3.05, 3.63) is 94.6 Å². The predicted octanol–water partition coefficient (Wildman–Crippen LogP) is 6.32. The Labute approximate surface area is 203 Å². The van der Waals surface area contributed by atoms with Crippen LogP contribution in [0.25, 0.3) is 10.7 Å². The van der Waals surface area contributed by atoms with Gasteiger partial charge in [0.05, 0.1) is 22.8 Å². The first-order valence-electron chi connectivity index (χ1n) is 10.9. The molecule has 172 valence electrons. The molecule has 4 aromatic rings. The van der Waals surface area contributed by atoms with E-state index < -0.39 is 0 Å². The number of hydrogen-bond donors (Lipinski definition) is 2. The topological polar surface area (TPSA) is 84.0 Å². The lowest BCUT2D eigenvalue weighted by Crippen LogP contribution is -2.17. The van der Waals surface area contributed by atoms with Gasteiger partial charge >= 0.3 is 0 Å². The van der Waals surface area contributed by atoms with Crippen molar-refractivity contribution >= 4 is 34.5 Å². The normalized spacial score (nSPS) is 11.2. The molecule has 7 heteroatoms. The average molecular weight is 471 g/mol. The number of anilines is 2. The van der Waals surface area contributed by atoms with E-state index >= 15 is 0 Å². The van der Waals surface area contributed by atoms with Crippen LogP contribution in [0.4, 0.5) is 11.4 Å². The summed E-state index contributed by atoms with van der Waals surface area (Å²) in [6, 6.07) is 20.3. The van der Waals surface area contributed by atoms with Gasteiger partial charge in [-0.25, -0.2) is 4.98 Å². The third-order valence-corrected chi connectivity index (χ3v) is 6.50. The monoisotopic (exact) mass is 470 g/mol. The van der Waals surface area contributed by atoms with Gasteiger partial charge in [0.15, 0.2) is 0 Å². The van der Waals surface area contributed by atoms with Crippen LogP contribution in [0.1, 0.15) is 52.1 Å². The van der Waals surface area contributed by atoms with Gasteiger partial charge in [-0.05, 0) is 54.3 Å². The van der Waals surface area contributed by atoms with E-state index in [-0.39, 0.29) is 17.2 Å². The first-order chi connectivity index (χ1) is 16.2. The van der Waals surface area contributed by atoms with Crippen molar-refractivity contribution in [2.45, 2.75) is 33.1 Å². The molecule has 2 aromatic carbocycles. The van der Waals surface area contributed by atoms with Gasteiger partial charge in [0, 0.05) is 11.8 Å². The standard InChI is InChI=1S/C27H26N4O2S/c1-17-23(34-26(29-17)22-11-7-8-16-28-22)25(33)31-21-10-6-5-9-20(21)30-24(32)18-12-14-19(15-13-18)27(2,3)4/h5-16H,1-4H3,(H,30,32)(H,31,33). The molecular formula is C27H26N4O2S. The second-order valence-corrected chi connectivity index (χ2v) is 9.93. The zero-order chi connectivity index (χ0) is 24.3. The van der Waals surface area contributed by atoms with Crippen LogP contribution in [0, 0.1) is 6.92 Å². The first kappa shape index (κ1) is 23.3. The van der Waals surface area contributed by atoms with Crippen LogP contribution in [-0.2, 0) is 5.41 Å². The summed E-state index contributed by atoms with van der Waals surface area (Å²) in [5.41, 5.74) is 4.10. The molecule has 2 N–H and O–H groups in total. The molecule has 0 aliphatic carbocycles. The molecule has 6 nitrogen and oxygen atoms in total. The number of benzene rings is 2. The number of carbonyl (C=O) groups is 2. The van der Waals surface area contributed by atoms with Crippen LogP contribution in [0.5, 0.6) is 0 Å². The fourth-order valence-electron chi connectivity index (χ4n) is 3.40. The Bertz CT molecular complexity index is 1320. The number of thiazole rings is 1. The Morgan fingerprint density at radius 3 is 2.03 bits per heavy atom. The van der Waals surface area contributed by atoms with Crippen LogP contribution >= 0.6 is 11.3 Å². The molecule has 2 amide bonds. The van der Waals surface area contributed by atoms with Crippen LogP contribution in [0.3, 0.4) is 0 Å². The van der Waals surface area contributed by atoms with E-state index in [1.165, 1.54) is 11.3 Å². The van der Waals surface area contributed by atoms with Gasteiger partial charge in [0.1, 0.15) is 9.88 Å². The van der Waals surface area contributed by atoms with E-state index in [2.05, 4.69) is 41.4 Å². The maximum Gasteiger partial charge on any atom is 0.267 e. The van der Waals surface area contributed by atoms with Gasteiger partial charge in [-0.2, -0.15) is 0 Å². The maximum atomic E-state index is 13.0. The van der Waals surface area contributed by atoms with Crippen molar-refractivity contribution in [3.8, 4) is 10.7 Å². The van der Waals surface area contributed by atoms with Crippen LogP contribution in [0.2, 0.25) is 0 Å². The Hall–Kier alpha value is -3.84. The van der Waals surface area contributed by atoms with Gasteiger partial charge < -0.3 is 10.6 Å². The van der Waals surface area contributed by atoms with E-state index in [1.807, 2.05) is 54.6 Å². The van der Waals surface area contributed by atoms with E-state index in [4.69, 9.17) is 0 Å². The summed E-state index contributed by atoms with van der Waals surface area (Å²) >= 11 is 1.29. The number of aryl methyl sites for hydroxylation is 1. The molecular weight excluding hydrogens is 444 g/mol. The molecule has 0 spiro atoms. The van der Waals surface area contributed by atoms with Crippen LogP contribution in [0.15, 0.2) is 72.9 Å². The Balaban J connectivity index is 1.51. The largest absolute Gasteiger partial charge is 0.320 e. The number of aromatic nitrogens is 2. The first-order valence-corrected chi connectivity index (χ1v) is 11.7. The zero-order valence-corrected chi connectivity index (χ0v) is 20.4. The molecule has 0 aliphatic heterocycles. The van der Waals surface area contributed by atoms with Crippen molar-refractivity contribution < 1.29 is 9.59 Å². The summed E-state index contributed by atoms with van der Waals surface area (Å²) < 4.78 is 0. The van der Waals surface area contributed by atoms with E-state index in [1.54, 1.807) is 25.3 Å². The minimum absolute atomic E-state index is 0.0110. The molecule has 0 fully saturated rings. The summed E-state index contributed by atoms with van der Waals surface area (Å²) in [7, 11) is 0. The fraction of sp³-hybridized carbons (Fsp3) is 0.185. The van der Waals surface area contributed by atoms with E-state index in [9.17, 15) is 9.59 Å². The summed E-state index contributed by atoms with van der Waals surface area (Å²) in [5, 5.41) is 6.51. The lowest BCUT2D eigenvalue weighted by molar-refractivity contribution is 0.101. The minimum Gasteiger partial charge on any atom is -0.320 e. The molecule has 34 heavy (non-hydrogen) atoms. The second kappa shape index (κ2) is 9.57. The van der Waals surface area contributed by atoms with Crippen molar-refractivity contribution in [1.29, 1.82) is 0 Å². The molecule has 0 radical (unpaired) electrons. The van der Waals surface area contributed by atoms with Gasteiger partial charge in [-0.1, -0.05) is 51.1 Å². The highest BCUT2D eigenvalue weighted by atomic mass is 32.1. The summed E-state index contributed by atoms with van der Waals surface area (Å²) in [6.45, 7) is 8.19. The van der Waals surface area contributed by atoms with Crippen molar-refractivity contribution in [3.63, 3.8) is 0 Å². The van der Waals surface area contributed by atoms with Gasteiger partial charge in [0.2, 0.25) is 0 Å². The number of nitrogens with zero attached hydrogens (tertiary/aromatic N) is 2. The number of nitrogens with one attached hydrogen (secondary N) is 2. The molecule has 0 bridgehead atoms. The van der Waals surface area contributed by atoms with E-state index in [0.29, 0.717) is 32.5 Å². The van der Waals surface area contributed by atoms with Crippen molar-refractivity contribution in [2.75, 3.05) is 10.6 Å². The number of para-hydroxylation sites is 2. The number of amides is 2. The number of pyridine rings is 1. The molecule has 0 saturated heterocycles. The SMILES string of the molecule is Cc1nc(-c2ccccn2)sc1C(=O)Nc1ccccc1NC(=O)c1ccc(C(C)(C)C)cc1. The Morgan fingerprint density at radius 2 is 1.44 bits per heavy atom. The summed E-state index contributed by atoms with van der Waals surface area (Å²) in [5.74, 6) is -0.526. The fourth-order valence-corrected chi connectivity index (χ4v) is 4.34. The van der Waals surface area contributed by atoms with Crippen molar-refractivity contribution in [2.24, 2.45) is 0 Å². The second-order valence-electron chi connectivity index (χ2n) is 8.93. The smallest absolute Gasteiger partial charge is 0.267 e. The van der Waals surface area contributed by atoms with Crippen LogP contribution < -0.4 is 10.6 Å². The molecule has 0 saturated carbocycles. The highest BCUT2D eigenvalue weighted by Crippen LogP contribution is 2.29. The Kier molecular flexibility index (Phi) is 6.56. The minimum atomic E-state index is -0.284. The molecule has 0 aliphatic rings. The molecule has 0 atom stereocenters. The van der Waals surface area contributed by atoms with Crippen molar-refractivity contribution in [1.82, 2.24) is 9.97 Å². The Morgan fingerprint density at radius 1 is 0.824 bits per heavy atom. The number of carbonyl (C=O) groups excluding carboxylic acids is 2. The summed E-state index contributed by atoms with van der Waals surface area (Å²) in [4.78, 5) is 35.2. The number of rotatable bonds is 5. The third kappa shape index (κ3) is 5.21. The molecule has 4 rings (SSSR count). The third-order valence-electron chi connectivity index (χ3n) is 5.32. The van der Waals surface area contributed by atoms with Crippen LogP contribution in [-0.4, -0.2) is 21.8 Å². The van der Waals surface area contributed by atoms with Gasteiger partial charge in [-0.15, -0.1) is 11.3 Å². The lowest BCUT2D eigenvalue weighted by atomic mass is 9.87. The van der Waals surface area contributed by atoms with Gasteiger partial charge in [-0.3, -0.25) is 14.6 Å².